The Labute approximate surface area is 203 Å². The molecule has 1 aliphatic rings. The smallest absolute Gasteiger partial charge is 0.320 e. The fraction of sp³-hybridized carbons (Fsp3) is 0.250. The molecule has 0 unspecified atom stereocenters. The number of benzene rings is 2. The zero-order valence-corrected chi connectivity index (χ0v) is 20.0. The lowest BCUT2D eigenvalue weighted by Gasteiger charge is -2.21. The molecule has 0 radical (unpaired) electrons. The number of aromatic nitrogens is 2. The molecule has 0 bridgehead atoms. The Kier molecular flexibility index (Phi) is 5.90. The maximum atomic E-state index is 13.3. The largest absolute Gasteiger partial charge is 0.480 e. The average Bonchev–Trinajstić information content (AvgIpc) is 3.49. The third kappa shape index (κ3) is 4.26. The Morgan fingerprint density at radius 2 is 2.00 bits per heavy atom. The van der Waals surface area contributed by atoms with Crippen LogP contribution in [-0.2, 0) is 4.79 Å². The highest BCUT2D eigenvalue weighted by Gasteiger charge is 2.30. The van der Waals surface area contributed by atoms with Crippen LogP contribution in [0.3, 0.4) is 0 Å². The fourth-order valence-electron chi connectivity index (χ4n) is 4.62. The molecule has 4 N–H and O–H groups in total. The number of carboxylic acids is 1. The van der Waals surface area contributed by atoms with Gasteiger partial charge in [-0.05, 0) is 55.8 Å². The third-order valence-electron chi connectivity index (χ3n) is 6.17. The van der Waals surface area contributed by atoms with Gasteiger partial charge in [-0.15, -0.1) is 0 Å². The molecule has 1 fully saturated rings. The monoisotopic (exact) mass is 528 g/mol. The Morgan fingerprint density at radius 3 is 2.82 bits per heavy atom. The van der Waals surface area contributed by atoms with Gasteiger partial charge in [-0.1, -0.05) is 33.6 Å². The predicted octanol–water partition coefficient (Wildman–Crippen LogP) is 5.01. The summed E-state index contributed by atoms with van der Waals surface area (Å²) in [4.78, 5) is 33.4. The highest BCUT2D eigenvalue weighted by Crippen LogP contribution is 2.33. The molecule has 3 heterocycles. The number of likely N-dealkylation sites (tertiary alicyclic amines) is 1. The third-order valence-corrected chi connectivity index (χ3v) is 6.90. The van der Waals surface area contributed by atoms with Crippen LogP contribution < -0.4 is 5.32 Å². The molecule has 0 saturated carbocycles. The zero-order chi connectivity index (χ0) is 23.1. The van der Waals surface area contributed by atoms with E-state index in [0.717, 1.165) is 44.9 Å². The lowest BCUT2D eigenvalue weighted by molar-refractivity contribution is -0.142. The van der Waals surface area contributed by atoms with Crippen LogP contribution >= 0.6 is 27.5 Å². The van der Waals surface area contributed by atoms with E-state index in [4.69, 9.17) is 11.6 Å². The summed E-state index contributed by atoms with van der Waals surface area (Å²) in [6.45, 7) is 1.60. The number of carboxylic acid groups (broad SMARTS) is 1. The number of nitrogens with one attached hydrogen (secondary N) is 3. The summed E-state index contributed by atoms with van der Waals surface area (Å²) in [6.07, 6.45) is 1.51. The van der Waals surface area contributed by atoms with Gasteiger partial charge in [0.1, 0.15) is 6.04 Å². The van der Waals surface area contributed by atoms with Crippen molar-refractivity contribution < 1.29 is 14.7 Å². The quantitative estimate of drug-likeness (QED) is 0.282. The molecule has 1 amide bonds. The van der Waals surface area contributed by atoms with E-state index in [2.05, 4.69) is 31.2 Å². The maximum Gasteiger partial charge on any atom is 0.320 e. The maximum absolute atomic E-state index is 13.3. The molecule has 1 aliphatic heterocycles. The molecule has 1 saturated heterocycles. The molecule has 33 heavy (non-hydrogen) atoms. The van der Waals surface area contributed by atoms with E-state index >= 15 is 0 Å². The first kappa shape index (κ1) is 22.0. The molecule has 4 aromatic rings. The van der Waals surface area contributed by atoms with Crippen LogP contribution in [0.4, 0.5) is 0 Å². The highest BCUT2D eigenvalue weighted by molar-refractivity contribution is 9.10. The Morgan fingerprint density at radius 1 is 1.15 bits per heavy atom. The van der Waals surface area contributed by atoms with Crippen LogP contribution in [0.1, 0.15) is 23.2 Å². The van der Waals surface area contributed by atoms with Crippen LogP contribution in [0.25, 0.3) is 33.2 Å². The number of H-pyrrole nitrogens is 2. The summed E-state index contributed by atoms with van der Waals surface area (Å²) in [5.74, 6) is -1.01. The average molecular weight is 530 g/mol. The second kappa shape index (κ2) is 8.85. The summed E-state index contributed by atoms with van der Waals surface area (Å²) >= 11 is 9.64. The van der Waals surface area contributed by atoms with Gasteiger partial charge in [-0.2, -0.15) is 0 Å². The minimum absolute atomic E-state index is 0.207. The first-order chi connectivity index (χ1) is 15.9. The number of rotatable bonds is 6. The molecular weight excluding hydrogens is 508 g/mol. The number of carbonyl (C=O) groups excluding carboxylic acids is 1. The van der Waals surface area contributed by atoms with Crippen molar-refractivity contribution in [2.75, 3.05) is 19.6 Å². The van der Waals surface area contributed by atoms with Gasteiger partial charge in [0.2, 0.25) is 0 Å². The van der Waals surface area contributed by atoms with Gasteiger partial charge in [-0.25, -0.2) is 0 Å². The van der Waals surface area contributed by atoms with Gasteiger partial charge in [0, 0.05) is 44.4 Å². The number of aromatic amines is 2. The number of aliphatic carboxylic acids is 1. The lowest BCUT2D eigenvalue weighted by atomic mass is 10.1. The molecule has 5 rings (SSSR count). The predicted molar refractivity (Wildman–Crippen MR) is 133 cm³/mol. The van der Waals surface area contributed by atoms with Crippen molar-refractivity contribution in [2.24, 2.45) is 0 Å². The van der Waals surface area contributed by atoms with E-state index in [-0.39, 0.29) is 5.91 Å². The number of hydrogen-bond donors (Lipinski definition) is 4. The Hall–Kier alpha value is -2.81. The number of nitrogens with zero attached hydrogens (tertiary/aromatic N) is 1. The van der Waals surface area contributed by atoms with E-state index < -0.39 is 12.0 Å². The van der Waals surface area contributed by atoms with E-state index in [1.165, 1.54) is 0 Å². The Balaban J connectivity index is 1.46. The SMILES string of the molecule is O=C(NCCN1CCC[C@H]1C(=O)O)c1c(-c2cc3cc(Cl)ccc3[nH]2)[nH]c2cc(Br)ccc12. The van der Waals surface area contributed by atoms with E-state index in [1.807, 2.05) is 47.4 Å². The zero-order valence-electron chi connectivity index (χ0n) is 17.6. The first-order valence-electron chi connectivity index (χ1n) is 10.8. The van der Waals surface area contributed by atoms with Crippen molar-refractivity contribution in [3.8, 4) is 11.4 Å². The normalized spacial score (nSPS) is 16.6. The van der Waals surface area contributed by atoms with E-state index in [9.17, 15) is 14.7 Å². The van der Waals surface area contributed by atoms with Crippen LogP contribution in [0.2, 0.25) is 5.02 Å². The van der Waals surface area contributed by atoms with Gasteiger partial charge in [0.15, 0.2) is 0 Å². The number of halogens is 2. The van der Waals surface area contributed by atoms with Crippen molar-refractivity contribution in [3.05, 3.63) is 57.5 Å². The lowest BCUT2D eigenvalue weighted by Crippen LogP contribution is -2.41. The van der Waals surface area contributed by atoms with Gasteiger partial charge < -0.3 is 20.4 Å². The highest BCUT2D eigenvalue weighted by atomic mass is 79.9. The van der Waals surface area contributed by atoms with E-state index in [1.54, 1.807) is 0 Å². The summed E-state index contributed by atoms with van der Waals surface area (Å²) in [7, 11) is 0. The molecule has 2 aromatic heterocycles. The summed E-state index contributed by atoms with van der Waals surface area (Å²) in [5.41, 5.74) is 3.79. The minimum Gasteiger partial charge on any atom is -0.480 e. The van der Waals surface area contributed by atoms with Crippen LogP contribution in [0.5, 0.6) is 0 Å². The second-order valence-corrected chi connectivity index (χ2v) is 9.62. The standard InChI is InChI=1S/C24H22BrClN4O3/c25-14-3-5-16-18(12-14)29-22(19-11-13-10-15(26)4-6-17(13)28-19)21(16)23(31)27-7-9-30-8-1-2-20(30)24(32)33/h3-6,10-12,20,28-29H,1-2,7-9H2,(H,27,31)(H,32,33)/t20-/m0/s1. The number of fused-ring (bicyclic) bond motifs is 2. The van der Waals surface area contributed by atoms with Gasteiger partial charge in [0.25, 0.3) is 5.91 Å². The summed E-state index contributed by atoms with van der Waals surface area (Å²) in [5, 5.41) is 14.8. The topological polar surface area (TPSA) is 101 Å². The minimum atomic E-state index is -0.803. The molecule has 9 heteroatoms. The van der Waals surface area contributed by atoms with Crippen molar-refractivity contribution in [1.82, 2.24) is 20.2 Å². The van der Waals surface area contributed by atoms with Gasteiger partial charge in [-0.3, -0.25) is 14.5 Å². The van der Waals surface area contributed by atoms with Crippen LogP contribution in [0.15, 0.2) is 46.9 Å². The molecule has 0 aliphatic carbocycles. The molecular formula is C24H22BrClN4O3. The van der Waals surface area contributed by atoms with Gasteiger partial charge in [0.05, 0.1) is 17.0 Å². The summed E-state index contributed by atoms with van der Waals surface area (Å²) < 4.78 is 0.909. The molecule has 2 aromatic carbocycles. The molecule has 0 spiro atoms. The first-order valence-corrected chi connectivity index (χ1v) is 11.9. The van der Waals surface area contributed by atoms with Crippen LogP contribution in [0, 0.1) is 0 Å². The molecule has 1 atom stereocenters. The van der Waals surface area contributed by atoms with E-state index in [0.29, 0.717) is 35.8 Å². The van der Waals surface area contributed by atoms with Crippen molar-refractivity contribution in [1.29, 1.82) is 0 Å². The summed E-state index contributed by atoms with van der Waals surface area (Å²) in [6, 6.07) is 12.9. The number of amides is 1. The molecule has 7 nitrogen and oxygen atoms in total. The molecule has 170 valence electrons. The van der Waals surface area contributed by atoms with Gasteiger partial charge >= 0.3 is 5.97 Å². The van der Waals surface area contributed by atoms with Crippen LogP contribution in [-0.4, -0.2) is 57.5 Å². The number of hydrogen-bond acceptors (Lipinski definition) is 3. The van der Waals surface area contributed by atoms with Crippen molar-refractivity contribution in [2.45, 2.75) is 18.9 Å². The second-order valence-electron chi connectivity index (χ2n) is 8.27. The van der Waals surface area contributed by atoms with Crippen molar-refractivity contribution in [3.63, 3.8) is 0 Å². The fourth-order valence-corrected chi connectivity index (χ4v) is 5.16. The number of carbonyl (C=O) groups is 2. The van der Waals surface area contributed by atoms with Crippen molar-refractivity contribution >= 4 is 61.2 Å². The Bertz CT molecular complexity index is 1380.